The first-order chi connectivity index (χ1) is 9.82. The van der Waals surface area contributed by atoms with Crippen LogP contribution in [0.1, 0.15) is 23.2 Å². The van der Waals surface area contributed by atoms with Gasteiger partial charge in [-0.3, -0.25) is 14.5 Å². The summed E-state index contributed by atoms with van der Waals surface area (Å²) in [6.07, 6.45) is 0.400. The highest BCUT2D eigenvalue weighted by Crippen LogP contribution is 2.27. The van der Waals surface area contributed by atoms with E-state index in [1.807, 2.05) is 0 Å². The molecular weight excluding hydrogens is 281 g/mol. The molecule has 1 fully saturated rings. The lowest BCUT2D eigenvalue weighted by atomic mass is 10.0. The summed E-state index contributed by atoms with van der Waals surface area (Å²) in [6.45, 7) is 0. The smallest absolute Gasteiger partial charge is 0.340 e. The Morgan fingerprint density at radius 2 is 2.14 bits per heavy atom. The van der Waals surface area contributed by atoms with Crippen LogP contribution in [0.2, 0.25) is 0 Å². The predicted molar refractivity (Wildman–Crippen MR) is 72.2 cm³/mol. The minimum absolute atomic E-state index is 0.0440. The van der Waals surface area contributed by atoms with Crippen LogP contribution in [0.5, 0.6) is 0 Å². The number of hydrogen-bond acceptors (Lipinski definition) is 5. The number of hydrogen-bond donors (Lipinski definition) is 3. The number of carboxylic acids is 1. The Kier molecular flexibility index (Phi) is 3.79. The zero-order valence-electron chi connectivity index (χ0n) is 11.2. The molecule has 112 valence electrons. The molecule has 1 heterocycles. The summed E-state index contributed by atoms with van der Waals surface area (Å²) < 4.78 is 13.4. The molecular formula is C13H14FN3O4. The number of piperidine rings is 1. The van der Waals surface area contributed by atoms with Gasteiger partial charge in [-0.25, -0.2) is 9.18 Å². The monoisotopic (exact) mass is 295 g/mol. The van der Waals surface area contributed by atoms with Crippen molar-refractivity contribution in [2.75, 3.05) is 18.1 Å². The number of nitrogens with two attached hydrogens (primary N) is 1. The minimum atomic E-state index is -1.40. The molecule has 0 spiro atoms. The lowest BCUT2D eigenvalue weighted by molar-refractivity contribution is -0.146. The number of nitrogen functional groups attached to an aromatic ring is 1. The Balaban J connectivity index is 2.32. The molecule has 0 radical (unpaired) electrons. The van der Waals surface area contributed by atoms with E-state index in [1.54, 1.807) is 0 Å². The third-order valence-electron chi connectivity index (χ3n) is 3.39. The molecule has 1 aromatic rings. The maximum atomic E-state index is 13.4. The van der Waals surface area contributed by atoms with E-state index in [9.17, 15) is 18.8 Å². The van der Waals surface area contributed by atoms with Crippen LogP contribution < -0.4 is 11.1 Å². The van der Waals surface area contributed by atoms with Gasteiger partial charge in [0.25, 0.3) is 5.91 Å². The normalized spacial score (nSPS) is 18.8. The third-order valence-corrected chi connectivity index (χ3v) is 3.39. The Morgan fingerprint density at radius 1 is 1.48 bits per heavy atom. The van der Waals surface area contributed by atoms with Crippen molar-refractivity contribution < 1.29 is 23.9 Å². The van der Waals surface area contributed by atoms with Crippen molar-refractivity contribution in [3.05, 3.63) is 23.5 Å². The van der Waals surface area contributed by atoms with Crippen LogP contribution >= 0.6 is 0 Å². The number of anilines is 2. The van der Waals surface area contributed by atoms with Crippen LogP contribution in [0.25, 0.3) is 0 Å². The minimum Gasteiger partial charge on any atom is -0.478 e. The zero-order chi connectivity index (χ0) is 15.7. The molecule has 0 aromatic heterocycles. The molecule has 4 N–H and O–H groups in total. The van der Waals surface area contributed by atoms with Gasteiger partial charge in [0.2, 0.25) is 5.91 Å². The van der Waals surface area contributed by atoms with Gasteiger partial charge in [-0.05, 0) is 18.6 Å². The molecule has 1 aliphatic heterocycles. The molecule has 1 aliphatic rings. The Bertz CT molecular complexity index is 632. The number of rotatable bonds is 3. The van der Waals surface area contributed by atoms with Crippen molar-refractivity contribution in [2.24, 2.45) is 0 Å². The summed E-state index contributed by atoms with van der Waals surface area (Å²) in [4.78, 5) is 35.5. The number of aromatic carboxylic acids is 1. The van der Waals surface area contributed by atoms with Crippen LogP contribution in [0.4, 0.5) is 15.8 Å². The van der Waals surface area contributed by atoms with Gasteiger partial charge in [0.05, 0.1) is 11.4 Å². The first-order valence-electron chi connectivity index (χ1n) is 6.21. The van der Waals surface area contributed by atoms with E-state index < -0.39 is 35.0 Å². The zero-order valence-corrected chi connectivity index (χ0v) is 11.2. The van der Waals surface area contributed by atoms with E-state index in [4.69, 9.17) is 10.8 Å². The van der Waals surface area contributed by atoms with Crippen LogP contribution in [0.3, 0.4) is 0 Å². The number of likely N-dealkylation sites (tertiary alicyclic amines) is 1. The lowest BCUT2D eigenvalue weighted by Crippen LogP contribution is -2.48. The van der Waals surface area contributed by atoms with Crippen molar-refractivity contribution in [3.8, 4) is 0 Å². The largest absolute Gasteiger partial charge is 0.478 e. The standard InChI is InChI=1S/C13H14FN3O4/c1-17-9(18)5-4-8(12(17)19)16-7-3-2-6(14)11(15)10(7)13(20)21/h2-3,8,16H,4-5,15H2,1H3,(H,20,21). The van der Waals surface area contributed by atoms with Gasteiger partial charge in [0.1, 0.15) is 17.4 Å². The van der Waals surface area contributed by atoms with Crippen LogP contribution in [-0.2, 0) is 9.59 Å². The molecule has 2 amide bonds. The van der Waals surface area contributed by atoms with Crippen LogP contribution in [0.15, 0.2) is 12.1 Å². The summed E-state index contributed by atoms with van der Waals surface area (Å²) in [5, 5.41) is 11.9. The number of carboxylic acid groups (broad SMARTS) is 1. The van der Waals surface area contributed by atoms with Crippen LogP contribution in [0, 0.1) is 5.82 Å². The maximum absolute atomic E-state index is 13.4. The number of likely N-dealkylation sites (N-methyl/N-ethyl adjacent to an activating group) is 1. The van der Waals surface area contributed by atoms with Gasteiger partial charge >= 0.3 is 5.97 Å². The molecule has 1 unspecified atom stereocenters. The van der Waals surface area contributed by atoms with E-state index in [-0.39, 0.29) is 24.4 Å². The molecule has 1 atom stereocenters. The van der Waals surface area contributed by atoms with Gasteiger partial charge in [0, 0.05) is 13.5 Å². The molecule has 0 saturated carbocycles. The predicted octanol–water partition coefficient (Wildman–Crippen LogP) is 0.665. The molecule has 1 saturated heterocycles. The summed E-state index contributed by atoms with van der Waals surface area (Å²) in [5.74, 6) is -3.01. The van der Waals surface area contributed by atoms with Crippen molar-refractivity contribution in [1.29, 1.82) is 0 Å². The second kappa shape index (κ2) is 5.39. The SMILES string of the molecule is CN1C(=O)CCC(Nc2ccc(F)c(N)c2C(=O)O)C1=O. The number of imide groups is 1. The van der Waals surface area contributed by atoms with Crippen molar-refractivity contribution in [2.45, 2.75) is 18.9 Å². The van der Waals surface area contributed by atoms with Gasteiger partial charge in [-0.2, -0.15) is 0 Å². The maximum Gasteiger partial charge on any atom is 0.340 e. The molecule has 2 rings (SSSR count). The number of amides is 2. The number of benzene rings is 1. The van der Waals surface area contributed by atoms with Crippen molar-refractivity contribution in [3.63, 3.8) is 0 Å². The van der Waals surface area contributed by atoms with Gasteiger partial charge in [-0.15, -0.1) is 0 Å². The Morgan fingerprint density at radius 3 is 2.76 bits per heavy atom. The topological polar surface area (TPSA) is 113 Å². The average Bonchev–Trinajstić information content (AvgIpc) is 2.43. The lowest BCUT2D eigenvalue weighted by Gasteiger charge is -2.29. The summed E-state index contributed by atoms with van der Waals surface area (Å²) in [6, 6.07) is 1.47. The molecule has 7 nitrogen and oxygen atoms in total. The van der Waals surface area contributed by atoms with E-state index >= 15 is 0 Å². The molecule has 21 heavy (non-hydrogen) atoms. The molecule has 1 aromatic carbocycles. The Hall–Kier alpha value is -2.64. The summed E-state index contributed by atoms with van der Waals surface area (Å²) >= 11 is 0. The van der Waals surface area contributed by atoms with E-state index in [0.29, 0.717) is 0 Å². The molecule has 8 heteroatoms. The van der Waals surface area contributed by atoms with Crippen molar-refractivity contribution >= 4 is 29.2 Å². The first kappa shape index (κ1) is 14.8. The van der Waals surface area contributed by atoms with E-state index in [1.165, 1.54) is 13.1 Å². The fraction of sp³-hybridized carbons (Fsp3) is 0.308. The second-order valence-corrected chi connectivity index (χ2v) is 4.72. The highest BCUT2D eigenvalue weighted by Gasteiger charge is 2.32. The summed E-state index contributed by atoms with van der Waals surface area (Å²) in [7, 11) is 1.36. The van der Waals surface area contributed by atoms with Gasteiger partial charge < -0.3 is 16.2 Å². The average molecular weight is 295 g/mol. The summed E-state index contributed by atoms with van der Waals surface area (Å²) in [5.41, 5.74) is 4.54. The third kappa shape index (κ3) is 2.64. The number of carbonyl (C=O) groups excluding carboxylic acids is 2. The number of nitrogens with zero attached hydrogens (tertiary/aromatic N) is 1. The Labute approximate surface area is 119 Å². The van der Waals surface area contributed by atoms with E-state index in [0.717, 1.165) is 11.0 Å². The van der Waals surface area contributed by atoms with E-state index in [2.05, 4.69) is 5.32 Å². The highest BCUT2D eigenvalue weighted by molar-refractivity contribution is 6.03. The van der Waals surface area contributed by atoms with Gasteiger partial charge in [0.15, 0.2) is 0 Å². The fourth-order valence-electron chi connectivity index (χ4n) is 2.18. The number of carbonyl (C=O) groups is 3. The molecule has 0 aliphatic carbocycles. The molecule has 0 bridgehead atoms. The number of nitrogens with one attached hydrogen (secondary N) is 1. The quantitative estimate of drug-likeness (QED) is 0.558. The van der Waals surface area contributed by atoms with Crippen LogP contribution in [-0.4, -0.2) is 40.9 Å². The number of halogens is 1. The first-order valence-corrected chi connectivity index (χ1v) is 6.21. The van der Waals surface area contributed by atoms with Crippen molar-refractivity contribution in [1.82, 2.24) is 4.90 Å². The van der Waals surface area contributed by atoms with Gasteiger partial charge in [-0.1, -0.05) is 0 Å². The highest BCUT2D eigenvalue weighted by atomic mass is 19.1. The fourth-order valence-corrected chi connectivity index (χ4v) is 2.18. The second-order valence-electron chi connectivity index (χ2n) is 4.72.